The van der Waals surface area contributed by atoms with Gasteiger partial charge >= 0.3 is 0 Å². The average Bonchev–Trinajstić information content (AvgIpc) is 2.75. The van der Waals surface area contributed by atoms with Crippen LogP contribution in [0, 0.1) is 18.6 Å². The van der Waals surface area contributed by atoms with Gasteiger partial charge in [0.25, 0.3) is 0 Å². The summed E-state index contributed by atoms with van der Waals surface area (Å²) >= 11 is 1.52. The van der Waals surface area contributed by atoms with Crippen molar-refractivity contribution in [2.24, 2.45) is 0 Å². The number of aromatic nitrogens is 2. The zero-order valence-corrected chi connectivity index (χ0v) is 10.7. The molecule has 3 aromatic rings. The van der Waals surface area contributed by atoms with E-state index in [1.807, 2.05) is 13.0 Å². The molecule has 0 aliphatic rings. The van der Waals surface area contributed by atoms with Crippen LogP contribution >= 0.6 is 11.3 Å². The monoisotopic (exact) mass is 278 g/mol. The smallest absolute Gasteiger partial charge is 0.231 e. The predicted octanol–water partition coefficient (Wildman–Crippen LogP) is 4.07. The fourth-order valence-electron chi connectivity index (χ4n) is 1.69. The number of rotatable bonds is 2. The Hall–Kier alpha value is -2.08. The molecule has 0 fully saturated rings. The van der Waals surface area contributed by atoms with Gasteiger partial charge in [0.05, 0.1) is 5.39 Å². The lowest BCUT2D eigenvalue weighted by molar-refractivity contribution is 0.452. The molecule has 2 aromatic heterocycles. The molecule has 0 N–H and O–H groups in total. The Morgan fingerprint density at radius 1 is 1.11 bits per heavy atom. The molecule has 3 nitrogen and oxygen atoms in total. The number of aryl methyl sites for hydroxylation is 1. The van der Waals surface area contributed by atoms with Gasteiger partial charge in [0.2, 0.25) is 5.88 Å². The van der Waals surface area contributed by atoms with E-state index < -0.39 is 11.6 Å². The minimum absolute atomic E-state index is 0.197. The van der Waals surface area contributed by atoms with E-state index in [0.29, 0.717) is 5.88 Å². The summed E-state index contributed by atoms with van der Waals surface area (Å²) in [6.45, 7) is 1.95. The van der Waals surface area contributed by atoms with E-state index in [2.05, 4.69) is 9.97 Å². The van der Waals surface area contributed by atoms with Gasteiger partial charge in [0, 0.05) is 10.9 Å². The summed E-state index contributed by atoms with van der Waals surface area (Å²) in [5, 5.41) is 0.759. The highest BCUT2D eigenvalue weighted by molar-refractivity contribution is 7.18. The maximum atomic E-state index is 13.1. The Bertz CT molecular complexity index is 757. The number of benzene rings is 1. The third-order valence-electron chi connectivity index (χ3n) is 2.52. The van der Waals surface area contributed by atoms with Crippen LogP contribution in [0.3, 0.4) is 0 Å². The molecule has 0 atom stereocenters. The molecule has 0 unspecified atom stereocenters. The van der Waals surface area contributed by atoms with Gasteiger partial charge in [-0.05, 0) is 25.1 Å². The van der Waals surface area contributed by atoms with Crippen molar-refractivity contribution in [3.63, 3.8) is 0 Å². The fourth-order valence-corrected chi connectivity index (χ4v) is 2.53. The van der Waals surface area contributed by atoms with Crippen molar-refractivity contribution in [3.05, 3.63) is 47.1 Å². The van der Waals surface area contributed by atoms with Gasteiger partial charge in [-0.3, -0.25) is 0 Å². The number of hydrogen-bond donors (Lipinski definition) is 0. The van der Waals surface area contributed by atoms with Gasteiger partial charge in [0.15, 0.2) is 11.6 Å². The normalized spacial score (nSPS) is 10.9. The van der Waals surface area contributed by atoms with E-state index in [9.17, 15) is 8.78 Å². The highest BCUT2D eigenvalue weighted by Gasteiger charge is 2.10. The SMILES string of the molecule is Cc1cc2c(Oc3ccc(F)c(F)c3)ncnc2s1. The van der Waals surface area contributed by atoms with Crippen LogP contribution < -0.4 is 4.74 Å². The van der Waals surface area contributed by atoms with Crippen molar-refractivity contribution in [2.75, 3.05) is 0 Å². The van der Waals surface area contributed by atoms with Crippen LogP contribution in [0.5, 0.6) is 11.6 Å². The van der Waals surface area contributed by atoms with E-state index >= 15 is 0 Å². The van der Waals surface area contributed by atoms with Gasteiger partial charge in [-0.2, -0.15) is 0 Å². The number of thiophene rings is 1. The van der Waals surface area contributed by atoms with Crippen molar-refractivity contribution < 1.29 is 13.5 Å². The minimum Gasteiger partial charge on any atom is -0.438 e. The number of hydrogen-bond acceptors (Lipinski definition) is 4. The average molecular weight is 278 g/mol. The highest BCUT2D eigenvalue weighted by Crippen LogP contribution is 2.31. The van der Waals surface area contributed by atoms with Crippen molar-refractivity contribution in [3.8, 4) is 11.6 Å². The Kier molecular flexibility index (Phi) is 2.87. The van der Waals surface area contributed by atoms with Gasteiger partial charge in [0.1, 0.15) is 16.9 Å². The summed E-state index contributed by atoms with van der Waals surface area (Å²) in [4.78, 5) is 10.0. The number of nitrogens with zero attached hydrogens (tertiary/aromatic N) is 2. The second-order valence-corrected chi connectivity index (χ2v) is 5.17. The quantitative estimate of drug-likeness (QED) is 0.708. The summed E-state index contributed by atoms with van der Waals surface area (Å²) in [7, 11) is 0. The molecule has 19 heavy (non-hydrogen) atoms. The van der Waals surface area contributed by atoms with Gasteiger partial charge in [-0.15, -0.1) is 11.3 Å². The van der Waals surface area contributed by atoms with Crippen molar-refractivity contribution >= 4 is 21.6 Å². The molecule has 3 rings (SSSR count). The Balaban J connectivity index is 2.02. The summed E-state index contributed by atoms with van der Waals surface area (Å²) < 4.78 is 31.4. The van der Waals surface area contributed by atoms with Crippen molar-refractivity contribution in [2.45, 2.75) is 6.92 Å². The second-order valence-electron chi connectivity index (χ2n) is 3.93. The molecule has 1 aromatic carbocycles. The van der Waals surface area contributed by atoms with Gasteiger partial charge in [-0.1, -0.05) is 0 Å². The summed E-state index contributed by atoms with van der Waals surface area (Å²) in [5.41, 5.74) is 0. The lowest BCUT2D eigenvalue weighted by Crippen LogP contribution is -1.91. The second kappa shape index (κ2) is 4.55. The third kappa shape index (κ3) is 2.26. The molecule has 0 aliphatic heterocycles. The van der Waals surface area contributed by atoms with E-state index in [4.69, 9.17) is 4.74 Å². The third-order valence-corrected chi connectivity index (χ3v) is 3.48. The molecule has 0 spiro atoms. The Morgan fingerprint density at radius 3 is 2.74 bits per heavy atom. The van der Waals surface area contributed by atoms with Crippen LogP contribution in [-0.2, 0) is 0 Å². The first-order valence-electron chi connectivity index (χ1n) is 5.47. The van der Waals surface area contributed by atoms with Crippen LogP contribution in [0.2, 0.25) is 0 Å². The van der Waals surface area contributed by atoms with E-state index in [1.165, 1.54) is 23.7 Å². The van der Waals surface area contributed by atoms with Crippen LogP contribution in [-0.4, -0.2) is 9.97 Å². The lowest BCUT2D eigenvalue weighted by atomic mass is 10.3. The molecule has 0 radical (unpaired) electrons. The topological polar surface area (TPSA) is 35.0 Å². The Labute approximate surface area is 111 Å². The first kappa shape index (κ1) is 12.0. The molecule has 0 bridgehead atoms. The van der Waals surface area contributed by atoms with Crippen LogP contribution in [0.4, 0.5) is 8.78 Å². The maximum absolute atomic E-state index is 13.1. The predicted molar refractivity (Wildman–Crippen MR) is 68.6 cm³/mol. The molecular formula is C13H8F2N2OS. The molecule has 2 heterocycles. The summed E-state index contributed by atoms with van der Waals surface area (Å²) in [5.74, 6) is -1.33. The number of fused-ring (bicyclic) bond motifs is 1. The fraction of sp³-hybridized carbons (Fsp3) is 0.0769. The summed E-state index contributed by atoms with van der Waals surface area (Å²) in [6.07, 6.45) is 1.38. The van der Waals surface area contributed by atoms with Crippen LogP contribution in [0.15, 0.2) is 30.6 Å². The standard InChI is InChI=1S/C13H8F2N2OS/c1-7-4-9-12(16-6-17-13(9)19-7)18-8-2-3-10(14)11(15)5-8/h2-6H,1H3. The van der Waals surface area contributed by atoms with Crippen LogP contribution in [0.1, 0.15) is 4.88 Å². The van der Waals surface area contributed by atoms with Crippen molar-refractivity contribution in [1.82, 2.24) is 9.97 Å². The zero-order valence-electron chi connectivity index (χ0n) is 9.85. The number of halogens is 2. The highest BCUT2D eigenvalue weighted by atomic mass is 32.1. The Morgan fingerprint density at radius 2 is 1.95 bits per heavy atom. The molecular weight excluding hydrogens is 270 g/mol. The molecule has 0 amide bonds. The van der Waals surface area contributed by atoms with E-state index in [1.54, 1.807) is 0 Å². The zero-order chi connectivity index (χ0) is 13.4. The first-order chi connectivity index (χ1) is 9.13. The van der Waals surface area contributed by atoms with Gasteiger partial charge < -0.3 is 4.74 Å². The first-order valence-corrected chi connectivity index (χ1v) is 6.29. The minimum atomic E-state index is -0.954. The van der Waals surface area contributed by atoms with E-state index in [-0.39, 0.29) is 5.75 Å². The molecule has 96 valence electrons. The molecule has 0 aliphatic carbocycles. The number of ether oxygens (including phenoxy) is 1. The molecule has 6 heteroatoms. The summed E-state index contributed by atoms with van der Waals surface area (Å²) in [6, 6.07) is 5.26. The van der Waals surface area contributed by atoms with Gasteiger partial charge in [-0.25, -0.2) is 18.7 Å². The molecule has 0 saturated carbocycles. The van der Waals surface area contributed by atoms with Crippen LogP contribution in [0.25, 0.3) is 10.2 Å². The van der Waals surface area contributed by atoms with Crippen molar-refractivity contribution in [1.29, 1.82) is 0 Å². The largest absolute Gasteiger partial charge is 0.438 e. The maximum Gasteiger partial charge on any atom is 0.231 e. The lowest BCUT2D eigenvalue weighted by Gasteiger charge is -2.05. The molecule has 0 saturated heterocycles. The van der Waals surface area contributed by atoms with E-state index in [0.717, 1.165) is 27.2 Å².